The van der Waals surface area contributed by atoms with Gasteiger partial charge in [-0.05, 0) is 47.4 Å². The number of carbonyl (C=O) groups excluding carboxylic acids is 3. The third kappa shape index (κ3) is 6.23. The van der Waals surface area contributed by atoms with Crippen LogP contribution in [0.4, 0.5) is 11.4 Å². The number of hydrogen-bond acceptors (Lipinski definition) is 4. The Morgan fingerprint density at radius 3 is 1.86 bits per heavy atom. The minimum absolute atomic E-state index is 0.0322. The Kier molecular flexibility index (Phi) is 6.93. The van der Waals surface area contributed by atoms with E-state index < -0.39 is 5.97 Å². The Labute approximate surface area is 165 Å². The summed E-state index contributed by atoms with van der Waals surface area (Å²) in [5.41, 5.74) is 2.98. The fraction of sp³-hybridized carbons (Fsp3) is 0.318. The van der Waals surface area contributed by atoms with Gasteiger partial charge in [0.2, 0.25) is 5.91 Å². The molecule has 2 aromatic rings. The Morgan fingerprint density at radius 1 is 0.821 bits per heavy atom. The number of ether oxygens (including phenoxy) is 1. The van der Waals surface area contributed by atoms with Gasteiger partial charge in [-0.2, -0.15) is 0 Å². The van der Waals surface area contributed by atoms with Crippen LogP contribution in [-0.4, -0.2) is 24.9 Å². The van der Waals surface area contributed by atoms with Crippen molar-refractivity contribution in [3.8, 4) is 0 Å². The molecule has 0 saturated heterocycles. The third-order valence-electron chi connectivity index (χ3n) is 4.22. The van der Waals surface area contributed by atoms with E-state index in [9.17, 15) is 14.4 Å². The van der Waals surface area contributed by atoms with Crippen LogP contribution in [0.5, 0.6) is 0 Å². The van der Waals surface area contributed by atoms with Crippen LogP contribution in [0.25, 0.3) is 0 Å². The van der Waals surface area contributed by atoms with Gasteiger partial charge in [0.05, 0.1) is 13.5 Å². The minimum Gasteiger partial charge on any atom is -0.469 e. The molecule has 28 heavy (non-hydrogen) atoms. The molecule has 0 fully saturated rings. The van der Waals surface area contributed by atoms with Crippen molar-refractivity contribution in [2.24, 2.45) is 0 Å². The fourth-order valence-electron chi connectivity index (χ4n) is 2.50. The monoisotopic (exact) mass is 382 g/mol. The van der Waals surface area contributed by atoms with Crippen LogP contribution < -0.4 is 10.6 Å². The summed E-state index contributed by atoms with van der Waals surface area (Å²) < 4.78 is 4.50. The number of rotatable bonds is 6. The van der Waals surface area contributed by atoms with Crippen molar-refractivity contribution < 1.29 is 19.1 Å². The number of amides is 2. The molecule has 148 valence electrons. The van der Waals surface area contributed by atoms with Crippen LogP contribution in [0.1, 0.15) is 49.5 Å². The van der Waals surface area contributed by atoms with Crippen molar-refractivity contribution in [3.05, 3.63) is 59.7 Å². The number of esters is 1. The maximum absolute atomic E-state index is 12.4. The van der Waals surface area contributed by atoms with E-state index in [2.05, 4.69) is 36.1 Å². The quantitative estimate of drug-likeness (QED) is 0.736. The van der Waals surface area contributed by atoms with E-state index in [-0.39, 0.29) is 30.1 Å². The Hall–Kier alpha value is -3.15. The number of hydrogen-bond donors (Lipinski definition) is 2. The topological polar surface area (TPSA) is 84.5 Å². The molecular formula is C22H26N2O4. The van der Waals surface area contributed by atoms with Gasteiger partial charge >= 0.3 is 5.97 Å². The van der Waals surface area contributed by atoms with Crippen LogP contribution in [0.3, 0.4) is 0 Å². The zero-order chi connectivity index (χ0) is 20.7. The highest BCUT2D eigenvalue weighted by Crippen LogP contribution is 2.22. The van der Waals surface area contributed by atoms with E-state index >= 15 is 0 Å². The Morgan fingerprint density at radius 2 is 1.36 bits per heavy atom. The summed E-state index contributed by atoms with van der Waals surface area (Å²) in [7, 11) is 1.28. The molecule has 2 aromatic carbocycles. The molecule has 6 heteroatoms. The molecule has 0 radical (unpaired) electrons. The molecule has 6 nitrogen and oxygen atoms in total. The second-order valence-corrected chi connectivity index (χ2v) is 7.48. The van der Waals surface area contributed by atoms with E-state index in [0.29, 0.717) is 16.9 Å². The number of anilines is 2. The molecule has 0 aliphatic carbocycles. The highest BCUT2D eigenvalue weighted by molar-refractivity contribution is 6.04. The number of benzene rings is 2. The average Bonchev–Trinajstić information content (AvgIpc) is 2.67. The number of nitrogens with one attached hydrogen (secondary N) is 2. The summed E-state index contributed by atoms with van der Waals surface area (Å²) in [5, 5.41) is 5.53. The zero-order valence-corrected chi connectivity index (χ0v) is 16.7. The van der Waals surface area contributed by atoms with Crippen LogP contribution in [0.2, 0.25) is 0 Å². The van der Waals surface area contributed by atoms with Crippen molar-refractivity contribution in [2.45, 2.75) is 39.0 Å². The van der Waals surface area contributed by atoms with Gasteiger partial charge in [0.15, 0.2) is 0 Å². The van der Waals surface area contributed by atoms with Crippen LogP contribution in [0.15, 0.2) is 48.5 Å². The van der Waals surface area contributed by atoms with E-state index in [1.807, 2.05) is 24.3 Å². The predicted molar refractivity (Wildman–Crippen MR) is 109 cm³/mol. The SMILES string of the molecule is COC(=O)CCC(=O)Nc1ccc(NC(=O)c2ccc(C(C)(C)C)cc2)cc1. The molecule has 0 bridgehead atoms. The van der Waals surface area contributed by atoms with Crippen molar-refractivity contribution in [3.63, 3.8) is 0 Å². The molecule has 2 amide bonds. The lowest BCUT2D eigenvalue weighted by molar-refractivity contribution is -0.141. The van der Waals surface area contributed by atoms with Gasteiger partial charge in [-0.3, -0.25) is 14.4 Å². The van der Waals surface area contributed by atoms with Crippen molar-refractivity contribution in [1.82, 2.24) is 0 Å². The van der Waals surface area contributed by atoms with E-state index in [4.69, 9.17) is 0 Å². The predicted octanol–water partition coefficient (Wildman–Crippen LogP) is 4.13. The van der Waals surface area contributed by atoms with Gasteiger partial charge in [0, 0.05) is 23.4 Å². The lowest BCUT2D eigenvalue weighted by Gasteiger charge is -2.19. The normalized spacial score (nSPS) is 10.9. The molecule has 2 rings (SSSR count). The summed E-state index contributed by atoms with van der Waals surface area (Å²) >= 11 is 0. The molecule has 0 aliphatic rings. The summed E-state index contributed by atoms with van der Waals surface area (Å²) in [6.45, 7) is 6.37. The third-order valence-corrected chi connectivity index (χ3v) is 4.22. The first-order valence-corrected chi connectivity index (χ1v) is 9.07. The molecule has 0 aromatic heterocycles. The lowest BCUT2D eigenvalue weighted by Crippen LogP contribution is -2.15. The second-order valence-electron chi connectivity index (χ2n) is 7.48. The number of methoxy groups -OCH3 is 1. The highest BCUT2D eigenvalue weighted by Gasteiger charge is 2.14. The van der Waals surface area contributed by atoms with Gasteiger partial charge in [0.1, 0.15) is 0 Å². The molecule has 0 aliphatic heterocycles. The van der Waals surface area contributed by atoms with Gasteiger partial charge in [-0.15, -0.1) is 0 Å². The van der Waals surface area contributed by atoms with Gasteiger partial charge < -0.3 is 15.4 Å². The summed E-state index contributed by atoms with van der Waals surface area (Å²) in [4.78, 5) is 35.2. The van der Waals surface area contributed by atoms with Crippen LogP contribution >= 0.6 is 0 Å². The zero-order valence-electron chi connectivity index (χ0n) is 16.7. The van der Waals surface area contributed by atoms with Crippen molar-refractivity contribution in [1.29, 1.82) is 0 Å². The van der Waals surface area contributed by atoms with Gasteiger partial charge in [-0.1, -0.05) is 32.9 Å². The van der Waals surface area contributed by atoms with Gasteiger partial charge in [-0.25, -0.2) is 0 Å². The first kappa shape index (κ1) is 21.2. The molecule has 0 heterocycles. The summed E-state index contributed by atoms with van der Waals surface area (Å²) in [6, 6.07) is 14.3. The number of carbonyl (C=O) groups is 3. The van der Waals surface area contributed by atoms with E-state index in [1.165, 1.54) is 7.11 Å². The van der Waals surface area contributed by atoms with Gasteiger partial charge in [0.25, 0.3) is 5.91 Å². The maximum atomic E-state index is 12.4. The molecule has 0 unspecified atom stereocenters. The first-order chi connectivity index (χ1) is 13.2. The van der Waals surface area contributed by atoms with Crippen LogP contribution in [0, 0.1) is 0 Å². The fourth-order valence-corrected chi connectivity index (χ4v) is 2.50. The summed E-state index contributed by atoms with van der Waals surface area (Å²) in [5.74, 6) is -0.903. The molecule has 2 N–H and O–H groups in total. The first-order valence-electron chi connectivity index (χ1n) is 9.07. The van der Waals surface area contributed by atoms with E-state index in [1.54, 1.807) is 24.3 Å². The smallest absolute Gasteiger partial charge is 0.306 e. The lowest BCUT2D eigenvalue weighted by atomic mass is 9.87. The second kappa shape index (κ2) is 9.17. The highest BCUT2D eigenvalue weighted by atomic mass is 16.5. The van der Waals surface area contributed by atoms with Crippen LogP contribution in [-0.2, 0) is 19.7 Å². The Balaban J connectivity index is 1.92. The minimum atomic E-state index is -0.427. The largest absolute Gasteiger partial charge is 0.469 e. The average molecular weight is 382 g/mol. The summed E-state index contributed by atoms with van der Waals surface area (Å²) in [6.07, 6.45) is 0.0835. The van der Waals surface area contributed by atoms with Crippen molar-refractivity contribution >= 4 is 29.2 Å². The molecule has 0 spiro atoms. The Bertz CT molecular complexity index is 834. The standard InChI is InChI=1S/C22H26N2O4/c1-22(2,3)16-7-5-15(6-8-16)21(27)24-18-11-9-17(10-12-18)23-19(25)13-14-20(26)28-4/h5-12H,13-14H2,1-4H3,(H,23,25)(H,24,27). The molecule has 0 saturated carbocycles. The molecular weight excluding hydrogens is 356 g/mol. The molecule has 0 atom stereocenters. The maximum Gasteiger partial charge on any atom is 0.306 e. The van der Waals surface area contributed by atoms with E-state index in [0.717, 1.165) is 5.56 Å². The van der Waals surface area contributed by atoms with Crippen molar-refractivity contribution in [2.75, 3.05) is 17.7 Å².